The predicted molar refractivity (Wildman–Crippen MR) is 132 cm³/mol. The van der Waals surface area contributed by atoms with E-state index in [1.54, 1.807) is 12.1 Å². The van der Waals surface area contributed by atoms with Crippen molar-refractivity contribution in [1.82, 2.24) is 4.31 Å². The van der Waals surface area contributed by atoms with E-state index in [4.69, 9.17) is 4.74 Å². The Hall–Kier alpha value is -2.63. The van der Waals surface area contributed by atoms with Gasteiger partial charge in [0.25, 0.3) is 0 Å². The molecule has 0 bridgehead atoms. The molecule has 34 heavy (non-hydrogen) atoms. The molecule has 1 heterocycles. The molecule has 1 N–H and O–H groups in total. The van der Waals surface area contributed by atoms with Gasteiger partial charge in [-0.15, -0.1) is 0 Å². The van der Waals surface area contributed by atoms with Gasteiger partial charge in [0.2, 0.25) is 26.0 Å². The zero-order chi connectivity index (χ0) is 25.1. The van der Waals surface area contributed by atoms with Gasteiger partial charge in [-0.05, 0) is 54.7 Å². The monoisotopic (exact) mass is 509 g/mol. The summed E-state index contributed by atoms with van der Waals surface area (Å²) in [6, 6.07) is 11.2. The van der Waals surface area contributed by atoms with Crippen LogP contribution in [-0.2, 0) is 24.8 Å². The number of carbonyl (C=O) groups excluding carboxylic acids is 1. The molecule has 1 fully saturated rings. The molecule has 1 saturated heterocycles. The van der Waals surface area contributed by atoms with E-state index in [1.165, 1.54) is 29.6 Å². The molecule has 0 unspecified atom stereocenters. The van der Waals surface area contributed by atoms with Crippen molar-refractivity contribution in [3.8, 4) is 5.75 Å². The summed E-state index contributed by atoms with van der Waals surface area (Å²) in [5, 5.41) is 2.61. The minimum atomic E-state index is -3.76. The molecule has 0 atom stereocenters. The predicted octanol–water partition coefficient (Wildman–Crippen LogP) is 3.01. The van der Waals surface area contributed by atoms with E-state index in [2.05, 4.69) is 5.32 Å². The summed E-state index contributed by atoms with van der Waals surface area (Å²) in [5.74, 6) is -0.0890. The number of amides is 1. The van der Waals surface area contributed by atoms with Crippen LogP contribution in [0.5, 0.6) is 5.75 Å². The van der Waals surface area contributed by atoms with E-state index in [9.17, 15) is 21.6 Å². The van der Waals surface area contributed by atoms with Gasteiger partial charge in [-0.25, -0.2) is 16.8 Å². The van der Waals surface area contributed by atoms with Crippen LogP contribution >= 0.6 is 0 Å². The van der Waals surface area contributed by atoms with E-state index in [-0.39, 0.29) is 22.3 Å². The van der Waals surface area contributed by atoms with Crippen molar-refractivity contribution in [2.75, 3.05) is 42.6 Å². The Kier molecular flexibility index (Phi) is 7.89. The molecule has 0 saturated carbocycles. The number of nitrogens with one attached hydrogen (secondary N) is 1. The third-order valence-corrected chi connectivity index (χ3v) is 8.72. The minimum absolute atomic E-state index is 0.0368. The normalized spacial score (nSPS) is 14.9. The zero-order valence-electron chi connectivity index (χ0n) is 19.8. The first-order valence-electron chi connectivity index (χ1n) is 11.0. The van der Waals surface area contributed by atoms with Gasteiger partial charge in [0.05, 0.1) is 29.6 Å². The number of ether oxygens (including phenoxy) is 1. The molecule has 186 valence electrons. The average Bonchev–Trinajstić information content (AvgIpc) is 3.33. The van der Waals surface area contributed by atoms with Gasteiger partial charge < -0.3 is 10.1 Å². The maximum atomic E-state index is 12.9. The Morgan fingerprint density at radius 1 is 1.06 bits per heavy atom. The molecule has 9 nitrogen and oxygen atoms in total. The number of hydrogen-bond acceptors (Lipinski definition) is 6. The van der Waals surface area contributed by atoms with E-state index in [0.717, 1.165) is 29.0 Å². The molecule has 1 aliphatic heterocycles. The Labute approximate surface area is 201 Å². The lowest BCUT2D eigenvalue weighted by atomic mass is 10.0. The second-order valence-corrected chi connectivity index (χ2v) is 12.4. The molecule has 11 heteroatoms. The van der Waals surface area contributed by atoms with Gasteiger partial charge in [-0.3, -0.25) is 9.10 Å². The first kappa shape index (κ1) is 26.0. The van der Waals surface area contributed by atoms with Gasteiger partial charge >= 0.3 is 0 Å². The summed E-state index contributed by atoms with van der Waals surface area (Å²) in [4.78, 5) is 12.9. The van der Waals surface area contributed by atoms with Crippen LogP contribution in [-0.4, -0.2) is 60.0 Å². The van der Waals surface area contributed by atoms with Crippen LogP contribution in [0.1, 0.15) is 38.2 Å². The lowest BCUT2D eigenvalue weighted by Crippen LogP contribution is -2.37. The first-order valence-corrected chi connectivity index (χ1v) is 14.3. The lowest BCUT2D eigenvalue weighted by molar-refractivity contribution is -0.114. The fourth-order valence-corrected chi connectivity index (χ4v) is 6.17. The van der Waals surface area contributed by atoms with E-state index in [1.807, 2.05) is 26.0 Å². The smallest absolute Gasteiger partial charge is 0.245 e. The van der Waals surface area contributed by atoms with Gasteiger partial charge in [0.15, 0.2) is 0 Å². The number of hydrogen-bond donors (Lipinski definition) is 1. The molecule has 0 radical (unpaired) electrons. The first-order chi connectivity index (χ1) is 15.9. The number of rotatable bonds is 9. The highest BCUT2D eigenvalue weighted by Gasteiger charge is 2.28. The van der Waals surface area contributed by atoms with E-state index < -0.39 is 32.5 Å². The van der Waals surface area contributed by atoms with Crippen molar-refractivity contribution >= 4 is 37.3 Å². The Morgan fingerprint density at radius 3 is 2.21 bits per heavy atom. The molecular formula is C23H31N3O6S2. The van der Waals surface area contributed by atoms with Crippen molar-refractivity contribution in [3.05, 3.63) is 48.0 Å². The molecule has 1 amide bonds. The average molecular weight is 510 g/mol. The molecular weight excluding hydrogens is 478 g/mol. The molecule has 2 aromatic carbocycles. The third-order valence-electron chi connectivity index (χ3n) is 5.68. The molecule has 2 aromatic rings. The second-order valence-electron chi connectivity index (χ2n) is 8.54. The van der Waals surface area contributed by atoms with Crippen molar-refractivity contribution in [1.29, 1.82) is 0 Å². The van der Waals surface area contributed by atoms with Crippen LogP contribution in [0.4, 0.5) is 11.4 Å². The fourth-order valence-electron chi connectivity index (χ4n) is 3.77. The molecule has 3 rings (SSSR count). The summed E-state index contributed by atoms with van der Waals surface area (Å²) < 4.78 is 58.4. The van der Waals surface area contributed by atoms with E-state index in [0.29, 0.717) is 18.8 Å². The number of carbonyl (C=O) groups is 1. The second kappa shape index (κ2) is 10.3. The summed E-state index contributed by atoms with van der Waals surface area (Å²) in [5.41, 5.74) is 1.55. The van der Waals surface area contributed by atoms with Gasteiger partial charge in [0, 0.05) is 13.1 Å². The molecule has 0 spiro atoms. The summed E-state index contributed by atoms with van der Waals surface area (Å²) >= 11 is 0. The number of methoxy groups -OCH3 is 1. The van der Waals surface area contributed by atoms with Crippen molar-refractivity contribution in [3.63, 3.8) is 0 Å². The van der Waals surface area contributed by atoms with Crippen LogP contribution in [0.15, 0.2) is 47.4 Å². The van der Waals surface area contributed by atoms with Crippen LogP contribution in [0, 0.1) is 0 Å². The zero-order valence-corrected chi connectivity index (χ0v) is 21.4. The number of sulfonamides is 2. The largest absolute Gasteiger partial charge is 0.495 e. The van der Waals surface area contributed by atoms with Crippen LogP contribution < -0.4 is 14.4 Å². The molecule has 0 aromatic heterocycles. The summed E-state index contributed by atoms with van der Waals surface area (Å²) in [6.45, 7) is 4.49. The third kappa shape index (κ3) is 5.89. The maximum absolute atomic E-state index is 12.9. The van der Waals surface area contributed by atoms with Crippen molar-refractivity contribution in [2.24, 2.45) is 0 Å². The Balaban J connectivity index is 1.85. The Morgan fingerprint density at radius 2 is 1.68 bits per heavy atom. The van der Waals surface area contributed by atoms with E-state index >= 15 is 0 Å². The lowest BCUT2D eigenvalue weighted by Gasteiger charge is -2.23. The topological polar surface area (TPSA) is 113 Å². The standard InChI is InChI=1S/C23H31N3O6S2/c1-17(2)18-7-9-19(10-8-18)26(33(4,28)29)16-23(27)24-21-15-20(11-12-22(21)32-3)34(30,31)25-13-5-6-14-25/h7-12,15,17H,5-6,13-14,16H2,1-4H3,(H,24,27). The number of benzene rings is 2. The molecule has 1 aliphatic rings. The van der Waals surface area contributed by atoms with Crippen molar-refractivity contribution < 1.29 is 26.4 Å². The highest BCUT2D eigenvalue weighted by molar-refractivity contribution is 7.92. The quantitative estimate of drug-likeness (QED) is 0.556. The van der Waals surface area contributed by atoms with Crippen LogP contribution in [0.25, 0.3) is 0 Å². The summed E-state index contributed by atoms with van der Waals surface area (Å²) in [6.07, 6.45) is 2.64. The van der Waals surface area contributed by atoms with Crippen LogP contribution in [0.2, 0.25) is 0 Å². The number of anilines is 2. The maximum Gasteiger partial charge on any atom is 0.245 e. The Bertz CT molecular complexity index is 1240. The highest BCUT2D eigenvalue weighted by Crippen LogP contribution is 2.30. The highest BCUT2D eigenvalue weighted by atomic mass is 32.2. The SMILES string of the molecule is COc1ccc(S(=O)(=O)N2CCCC2)cc1NC(=O)CN(c1ccc(C(C)C)cc1)S(C)(=O)=O. The molecule has 0 aliphatic carbocycles. The van der Waals surface area contributed by atoms with Crippen LogP contribution in [0.3, 0.4) is 0 Å². The summed E-state index contributed by atoms with van der Waals surface area (Å²) in [7, 11) is -6.06. The van der Waals surface area contributed by atoms with Gasteiger partial charge in [0.1, 0.15) is 12.3 Å². The number of nitrogens with zero attached hydrogens (tertiary/aromatic N) is 2. The van der Waals surface area contributed by atoms with Gasteiger partial charge in [-0.2, -0.15) is 4.31 Å². The minimum Gasteiger partial charge on any atom is -0.495 e. The van der Waals surface area contributed by atoms with Crippen molar-refractivity contribution in [2.45, 2.75) is 37.5 Å². The fraction of sp³-hybridized carbons (Fsp3) is 0.435. The van der Waals surface area contributed by atoms with Gasteiger partial charge in [-0.1, -0.05) is 26.0 Å².